The molecule has 0 spiro atoms. The predicted molar refractivity (Wildman–Crippen MR) is 129 cm³/mol. The Kier molecular flexibility index (Phi) is 5.36. The number of ether oxygens (including phenoxy) is 1. The molecule has 4 aromatic carbocycles. The van der Waals surface area contributed by atoms with E-state index in [9.17, 15) is 9.59 Å². The molecule has 0 aliphatic carbocycles. The van der Waals surface area contributed by atoms with Gasteiger partial charge in [-0.15, -0.1) is 11.3 Å². The fourth-order valence-electron chi connectivity index (χ4n) is 3.57. The lowest BCUT2D eigenvalue weighted by Crippen LogP contribution is -2.10. The second-order valence-electron chi connectivity index (χ2n) is 7.28. The highest BCUT2D eigenvalue weighted by Gasteiger charge is 2.23. The molecule has 0 aliphatic heterocycles. The second kappa shape index (κ2) is 8.61. The zero-order valence-electron chi connectivity index (χ0n) is 17.0. The monoisotopic (exact) mass is 434 g/mol. The highest BCUT2D eigenvalue weighted by atomic mass is 32.1. The van der Waals surface area contributed by atoms with E-state index in [1.165, 1.54) is 11.3 Å². The summed E-state index contributed by atoms with van der Waals surface area (Å²) in [5, 5.41) is 0.756. The quantitative estimate of drug-likeness (QED) is 0.221. The maximum Gasteiger partial charge on any atom is 0.343 e. The Bertz CT molecular complexity index is 1400. The van der Waals surface area contributed by atoms with E-state index in [0.29, 0.717) is 21.8 Å². The number of carbonyl (C=O) groups is 2. The van der Waals surface area contributed by atoms with Gasteiger partial charge in [-0.1, -0.05) is 84.9 Å². The summed E-state index contributed by atoms with van der Waals surface area (Å²) in [5.41, 5.74) is 3.08. The van der Waals surface area contributed by atoms with Crippen LogP contribution in [0.3, 0.4) is 0 Å². The lowest BCUT2D eigenvalue weighted by Gasteiger charge is -2.08. The molecule has 0 unspecified atom stereocenters. The third-order valence-electron chi connectivity index (χ3n) is 5.21. The highest BCUT2D eigenvalue weighted by molar-refractivity contribution is 7.21. The van der Waals surface area contributed by atoms with E-state index in [4.69, 9.17) is 4.74 Å². The predicted octanol–water partition coefficient (Wildman–Crippen LogP) is 7.02. The number of fused-ring (bicyclic) bond motifs is 1. The molecule has 5 aromatic rings. The van der Waals surface area contributed by atoms with Crippen molar-refractivity contribution in [1.29, 1.82) is 0 Å². The van der Waals surface area contributed by atoms with Gasteiger partial charge in [0.15, 0.2) is 5.75 Å². The molecule has 1 heterocycles. The van der Waals surface area contributed by atoms with Gasteiger partial charge in [-0.2, -0.15) is 0 Å². The van der Waals surface area contributed by atoms with Crippen LogP contribution < -0.4 is 4.74 Å². The molecule has 0 saturated heterocycles. The number of carbonyl (C=O) groups excluding carboxylic acids is 2. The van der Waals surface area contributed by atoms with Crippen LogP contribution >= 0.6 is 11.3 Å². The highest BCUT2D eigenvalue weighted by Crippen LogP contribution is 2.39. The van der Waals surface area contributed by atoms with E-state index in [0.717, 1.165) is 21.2 Å². The van der Waals surface area contributed by atoms with Crippen LogP contribution in [0.15, 0.2) is 109 Å². The number of ketones is 1. The van der Waals surface area contributed by atoms with Crippen molar-refractivity contribution < 1.29 is 14.3 Å². The van der Waals surface area contributed by atoms with Crippen LogP contribution in [0.25, 0.3) is 21.2 Å². The minimum Gasteiger partial charge on any atom is -0.421 e. The van der Waals surface area contributed by atoms with Crippen molar-refractivity contribution in [1.82, 2.24) is 0 Å². The van der Waals surface area contributed by atoms with E-state index < -0.39 is 5.97 Å². The molecule has 0 bridgehead atoms. The Morgan fingerprint density at radius 1 is 0.594 bits per heavy atom. The number of rotatable bonds is 5. The first-order valence-corrected chi connectivity index (χ1v) is 11.0. The maximum absolute atomic E-state index is 13.2. The molecule has 0 saturated carbocycles. The standard InChI is InChI=1S/C28H18O3S/c29-25(21-11-5-2-6-12-21)27-26(23-13-7-8-14-24(23)32-27)31-28(30)22-17-15-20(16-18-22)19-9-3-1-4-10-19/h1-18H. The average molecular weight is 435 g/mol. The second-order valence-corrected chi connectivity index (χ2v) is 8.34. The fraction of sp³-hybridized carbons (Fsp3) is 0. The summed E-state index contributed by atoms with van der Waals surface area (Å²) in [6.45, 7) is 0. The normalized spacial score (nSPS) is 10.8. The van der Waals surface area contributed by atoms with Gasteiger partial charge in [0.05, 0.1) is 5.56 Å². The van der Waals surface area contributed by atoms with E-state index >= 15 is 0 Å². The Balaban J connectivity index is 1.48. The summed E-state index contributed by atoms with van der Waals surface area (Å²) < 4.78 is 6.72. The van der Waals surface area contributed by atoms with E-state index in [1.807, 2.05) is 84.9 Å². The SMILES string of the molecule is O=C(Oc1c(C(=O)c2ccccc2)sc2ccccc12)c1ccc(-c2ccccc2)cc1. The van der Waals surface area contributed by atoms with Gasteiger partial charge in [0.25, 0.3) is 0 Å². The van der Waals surface area contributed by atoms with Gasteiger partial charge in [0.2, 0.25) is 5.78 Å². The van der Waals surface area contributed by atoms with Crippen molar-refractivity contribution in [3.8, 4) is 16.9 Å². The van der Waals surface area contributed by atoms with E-state index in [1.54, 1.807) is 24.3 Å². The third kappa shape index (κ3) is 3.84. The first-order valence-electron chi connectivity index (χ1n) is 10.2. The number of esters is 1. The van der Waals surface area contributed by atoms with Crippen LogP contribution in [0.5, 0.6) is 5.75 Å². The summed E-state index contributed by atoms with van der Waals surface area (Å²) >= 11 is 1.34. The number of hydrogen-bond acceptors (Lipinski definition) is 4. The van der Waals surface area contributed by atoms with Crippen LogP contribution in [0.4, 0.5) is 0 Å². The molecular weight excluding hydrogens is 416 g/mol. The minimum atomic E-state index is -0.490. The van der Waals surface area contributed by atoms with Crippen LogP contribution in [0, 0.1) is 0 Å². The molecule has 32 heavy (non-hydrogen) atoms. The van der Waals surface area contributed by atoms with E-state index in [2.05, 4.69) is 0 Å². The molecule has 4 heteroatoms. The van der Waals surface area contributed by atoms with Crippen molar-refractivity contribution in [2.24, 2.45) is 0 Å². The lowest BCUT2D eigenvalue weighted by molar-refractivity contribution is 0.0736. The molecule has 5 rings (SSSR count). The Hall–Kier alpha value is -4.02. The van der Waals surface area contributed by atoms with Crippen LogP contribution in [-0.4, -0.2) is 11.8 Å². The topological polar surface area (TPSA) is 43.4 Å². The number of hydrogen-bond donors (Lipinski definition) is 0. The largest absolute Gasteiger partial charge is 0.421 e. The van der Waals surface area contributed by atoms with Gasteiger partial charge in [-0.3, -0.25) is 4.79 Å². The zero-order valence-corrected chi connectivity index (χ0v) is 17.8. The summed E-state index contributed by atoms with van der Waals surface area (Å²) in [6.07, 6.45) is 0. The summed E-state index contributed by atoms with van der Waals surface area (Å²) in [4.78, 5) is 26.6. The van der Waals surface area contributed by atoms with Crippen molar-refractivity contribution in [3.63, 3.8) is 0 Å². The van der Waals surface area contributed by atoms with Gasteiger partial charge in [0, 0.05) is 15.6 Å². The van der Waals surface area contributed by atoms with Gasteiger partial charge < -0.3 is 4.74 Å². The van der Waals surface area contributed by atoms with Crippen molar-refractivity contribution >= 4 is 33.2 Å². The molecule has 3 nitrogen and oxygen atoms in total. The van der Waals surface area contributed by atoms with Crippen molar-refractivity contribution in [2.75, 3.05) is 0 Å². The molecule has 0 aliphatic rings. The van der Waals surface area contributed by atoms with Crippen molar-refractivity contribution in [3.05, 3.63) is 125 Å². The Morgan fingerprint density at radius 3 is 1.91 bits per heavy atom. The van der Waals surface area contributed by atoms with Crippen LogP contribution in [0.2, 0.25) is 0 Å². The number of benzene rings is 4. The summed E-state index contributed by atoms with van der Waals surface area (Å²) in [5.74, 6) is -0.333. The van der Waals surface area contributed by atoms with Crippen LogP contribution in [-0.2, 0) is 0 Å². The molecule has 0 atom stereocenters. The molecule has 0 N–H and O–H groups in total. The zero-order chi connectivity index (χ0) is 21.9. The van der Waals surface area contributed by atoms with Gasteiger partial charge in [-0.25, -0.2) is 4.79 Å². The Labute approximate surface area is 189 Å². The molecule has 0 amide bonds. The summed E-state index contributed by atoms with van der Waals surface area (Å²) in [6, 6.07) is 33.9. The van der Waals surface area contributed by atoms with Crippen LogP contribution in [0.1, 0.15) is 25.6 Å². The number of thiophene rings is 1. The lowest BCUT2D eigenvalue weighted by atomic mass is 10.0. The van der Waals surface area contributed by atoms with Crippen molar-refractivity contribution in [2.45, 2.75) is 0 Å². The molecule has 0 radical (unpaired) electrons. The smallest absolute Gasteiger partial charge is 0.343 e. The maximum atomic E-state index is 13.2. The van der Waals surface area contributed by atoms with Gasteiger partial charge >= 0.3 is 5.97 Å². The van der Waals surface area contributed by atoms with Gasteiger partial charge in [0.1, 0.15) is 4.88 Å². The molecule has 0 fully saturated rings. The third-order valence-corrected chi connectivity index (χ3v) is 6.37. The average Bonchev–Trinajstić information content (AvgIpc) is 3.23. The molecular formula is C28H18O3S. The summed E-state index contributed by atoms with van der Waals surface area (Å²) in [7, 11) is 0. The van der Waals surface area contributed by atoms with E-state index in [-0.39, 0.29) is 5.78 Å². The molecule has 154 valence electrons. The molecule has 1 aromatic heterocycles. The first kappa shape index (κ1) is 19.9. The van der Waals surface area contributed by atoms with Gasteiger partial charge in [-0.05, 0) is 35.4 Å². The fourth-order valence-corrected chi connectivity index (χ4v) is 4.67. The Morgan fingerprint density at radius 2 is 1.19 bits per heavy atom. The first-order chi connectivity index (χ1) is 15.7. The minimum absolute atomic E-state index is 0.158.